The molecule has 1 aliphatic rings. The molecule has 0 spiro atoms. The lowest BCUT2D eigenvalue weighted by atomic mass is 10.1. The Morgan fingerprint density at radius 3 is 2.63 bits per heavy atom. The van der Waals surface area contributed by atoms with Crippen LogP contribution in [-0.2, 0) is 4.79 Å². The molecule has 10 heteroatoms. The normalized spacial score (nSPS) is 15.6. The Morgan fingerprint density at radius 1 is 1.00 bits per heavy atom. The van der Waals surface area contributed by atoms with E-state index in [1.54, 1.807) is 33.7 Å². The van der Waals surface area contributed by atoms with Crippen molar-refractivity contribution in [2.75, 3.05) is 32.8 Å². The van der Waals surface area contributed by atoms with Gasteiger partial charge >= 0.3 is 0 Å². The summed E-state index contributed by atoms with van der Waals surface area (Å²) in [6, 6.07) is 12.6. The molecule has 3 aromatic rings. The van der Waals surface area contributed by atoms with Gasteiger partial charge in [-0.25, -0.2) is 0 Å². The maximum atomic E-state index is 13.6. The van der Waals surface area contributed by atoms with Gasteiger partial charge in [-0.3, -0.25) is 19.0 Å². The molecule has 0 bridgehead atoms. The zero-order valence-electron chi connectivity index (χ0n) is 19.6. The molecule has 2 N–H and O–H groups in total. The second-order valence-corrected chi connectivity index (χ2v) is 8.24. The summed E-state index contributed by atoms with van der Waals surface area (Å²) in [5, 5.41) is 13.4. The summed E-state index contributed by atoms with van der Waals surface area (Å²) < 4.78 is 7.43. The minimum absolute atomic E-state index is 0.112. The molecular formula is C25H28N6O4. The molecule has 0 radical (unpaired) electrons. The predicted octanol–water partition coefficient (Wildman–Crippen LogP) is 1.74. The molecule has 0 aliphatic carbocycles. The quantitative estimate of drug-likeness (QED) is 0.582. The van der Waals surface area contributed by atoms with E-state index in [1.807, 2.05) is 25.1 Å². The van der Waals surface area contributed by atoms with Crippen molar-refractivity contribution in [2.45, 2.75) is 19.8 Å². The predicted molar refractivity (Wildman–Crippen MR) is 129 cm³/mol. The Hall–Kier alpha value is -4.21. The van der Waals surface area contributed by atoms with Crippen molar-refractivity contribution in [3.63, 3.8) is 0 Å². The van der Waals surface area contributed by atoms with Gasteiger partial charge in [0.2, 0.25) is 5.91 Å². The Bertz CT molecular complexity index is 1190. The number of amides is 3. The Labute approximate surface area is 203 Å². The number of nitrogens with one attached hydrogen (secondary N) is 2. The van der Waals surface area contributed by atoms with Crippen molar-refractivity contribution < 1.29 is 19.1 Å². The van der Waals surface area contributed by atoms with E-state index in [4.69, 9.17) is 4.74 Å². The van der Waals surface area contributed by atoms with Crippen LogP contribution in [0.1, 0.15) is 39.1 Å². The van der Waals surface area contributed by atoms with Crippen molar-refractivity contribution in [3.05, 3.63) is 71.8 Å². The highest BCUT2D eigenvalue weighted by molar-refractivity contribution is 5.98. The van der Waals surface area contributed by atoms with E-state index in [0.717, 1.165) is 5.56 Å². The fourth-order valence-electron chi connectivity index (χ4n) is 3.91. The molecule has 0 saturated carbocycles. The summed E-state index contributed by atoms with van der Waals surface area (Å²) in [5.41, 5.74) is 2.48. The largest absolute Gasteiger partial charge is 0.491 e. The zero-order valence-corrected chi connectivity index (χ0v) is 19.6. The number of para-hydroxylation sites is 1. The number of rotatable bonds is 2. The third kappa shape index (κ3) is 6.03. The van der Waals surface area contributed by atoms with E-state index in [2.05, 4.69) is 20.8 Å². The maximum Gasteiger partial charge on any atom is 0.256 e. The van der Waals surface area contributed by atoms with Crippen molar-refractivity contribution in [1.29, 1.82) is 0 Å². The monoisotopic (exact) mass is 476 g/mol. The number of hydrogen-bond acceptors (Lipinski definition) is 6. The van der Waals surface area contributed by atoms with Crippen LogP contribution in [0.4, 0.5) is 0 Å². The Balaban J connectivity index is 1.56. The van der Waals surface area contributed by atoms with E-state index in [0.29, 0.717) is 42.1 Å². The summed E-state index contributed by atoms with van der Waals surface area (Å²) in [6.45, 7) is 3.37. The molecule has 2 aromatic carbocycles. The average Bonchev–Trinajstić information content (AvgIpc) is 3.40. The highest BCUT2D eigenvalue weighted by atomic mass is 16.5. The van der Waals surface area contributed by atoms with E-state index >= 15 is 0 Å². The fourth-order valence-corrected chi connectivity index (χ4v) is 3.91. The van der Waals surface area contributed by atoms with Crippen molar-refractivity contribution >= 4 is 17.7 Å². The lowest BCUT2D eigenvalue weighted by Crippen LogP contribution is -2.40. The third-order valence-corrected chi connectivity index (χ3v) is 5.68. The summed E-state index contributed by atoms with van der Waals surface area (Å²) in [6.07, 6.45) is 3.83. The van der Waals surface area contributed by atoms with Crippen molar-refractivity contribution in [1.82, 2.24) is 30.3 Å². The minimum Gasteiger partial charge on any atom is -0.491 e. The molecule has 4 rings (SSSR count). The lowest BCUT2D eigenvalue weighted by molar-refractivity contribution is -0.121. The van der Waals surface area contributed by atoms with Crippen LogP contribution >= 0.6 is 0 Å². The number of carbonyl (C=O) groups is 3. The molecule has 182 valence electrons. The first kappa shape index (κ1) is 23.9. The molecule has 1 aliphatic heterocycles. The number of nitrogens with zero attached hydrogens (tertiary/aromatic N) is 4. The molecule has 0 fully saturated rings. The first-order valence-corrected chi connectivity index (χ1v) is 11.5. The van der Waals surface area contributed by atoms with Crippen LogP contribution in [0.2, 0.25) is 0 Å². The zero-order chi connectivity index (χ0) is 24.6. The molecular weight excluding hydrogens is 448 g/mol. The van der Waals surface area contributed by atoms with E-state index in [-0.39, 0.29) is 43.8 Å². The third-order valence-electron chi connectivity index (χ3n) is 5.68. The van der Waals surface area contributed by atoms with Crippen LogP contribution in [-0.4, -0.2) is 70.2 Å². The van der Waals surface area contributed by atoms with Crippen molar-refractivity contribution in [3.8, 4) is 11.4 Å². The van der Waals surface area contributed by atoms with Crippen LogP contribution < -0.4 is 15.4 Å². The molecule has 0 saturated heterocycles. The van der Waals surface area contributed by atoms with Crippen LogP contribution in [0.25, 0.3) is 5.69 Å². The molecule has 35 heavy (non-hydrogen) atoms. The number of hydrogen-bond donors (Lipinski definition) is 2. The molecule has 1 aromatic heterocycles. The molecule has 10 nitrogen and oxygen atoms in total. The number of fused-ring (bicyclic) bond motifs is 1. The lowest BCUT2D eigenvalue weighted by Gasteiger charge is -2.24. The van der Waals surface area contributed by atoms with E-state index in [9.17, 15) is 14.4 Å². The van der Waals surface area contributed by atoms with Gasteiger partial charge < -0.3 is 20.3 Å². The Kier molecular flexibility index (Phi) is 7.71. The molecule has 0 unspecified atom stereocenters. The van der Waals surface area contributed by atoms with Gasteiger partial charge in [-0.15, -0.1) is 10.2 Å². The van der Waals surface area contributed by atoms with Gasteiger partial charge in [0, 0.05) is 26.1 Å². The summed E-state index contributed by atoms with van der Waals surface area (Å²) >= 11 is 0. The van der Waals surface area contributed by atoms with Gasteiger partial charge in [-0.2, -0.15) is 0 Å². The van der Waals surface area contributed by atoms with E-state index in [1.165, 1.54) is 12.7 Å². The van der Waals surface area contributed by atoms with Gasteiger partial charge in [0.1, 0.15) is 25.0 Å². The number of aryl methyl sites for hydroxylation is 1. The van der Waals surface area contributed by atoms with Crippen LogP contribution in [0.3, 0.4) is 0 Å². The Morgan fingerprint density at radius 2 is 1.80 bits per heavy atom. The number of benzene rings is 2. The summed E-state index contributed by atoms with van der Waals surface area (Å²) in [4.78, 5) is 40.4. The second kappa shape index (κ2) is 11.3. The van der Waals surface area contributed by atoms with Gasteiger partial charge in [-0.1, -0.05) is 23.8 Å². The second-order valence-electron chi connectivity index (χ2n) is 8.24. The fraction of sp³-hybridized carbons (Fsp3) is 0.320. The van der Waals surface area contributed by atoms with Crippen LogP contribution in [0.5, 0.6) is 5.75 Å². The standard InChI is InChI=1S/C25H28N6O4/c1-18-8-9-22-20(15-18)24(33)27-10-13-30(12-4-7-23(32)26-11-14-35-22)25(34)19-5-2-3-6-21(19)31-16-28-29-17-31/h2-3,5-6,8-9,15-17H,4,7,10-14H2,1H3,(H,26,32)(H,27,33). The van der Waals surface area contributed by atoms with Gasteiger partial charge in [-0.05, 0) is 37.6 Å². The van der Waals surface area contributed by atoms with Crippen LogP contribution in [0.15, 0.2) is 55.1 Å². The highest BCUT2D eigenvalue weighted by Crippen LogP contribution is 2.20. The topological polar surface area (TPSA) is 118 Å². The number of carbonyl (C=O) groups excluding carboxylic acids is 3. The number of ether oxygens (including phenoxy) is 1. The maximum absolute atomic E-state index is 13.6. The van der Waals surface area contributed by atoms with Gasteiger partial charge in [0.25, 0.3) is 11.8 Å². The molecule has 2 heterocycles. The SMILES string of the molecule is Cc1ccc2c(c1)C(=O)NCCN(C(=O)c1ccccc1-n1cnnc1)CCCC(=O)NCCO2. The van der Waals surface area contributed by atoms with E-state index < -0.39 is 0 Å². The molecule has 0 atom stereocenters. The number of aromatic nitrogens is 3. The summed E-state index contributed by atoms with van der Waals surface area (Å²) in [7, 11) is 0. The average molecular weight is 477 g/mol. The first-order valence-electron chi connectivity index (χ1n) is 11.5. The minimum atomic E-state index is -0.278. The van der Waals surface area contributed by atoms with Crippen molar-refractivity contribution in [2.24, 2.45) is 0 Å². The highest BCUT2D eigenvalue weighted by Gasteiger charge is 2.21. The van der Waals surface area contributed by atoms with Gasteiger partial charge in [0.15, 0.2) is 0 Å². The smallest absolute Gasteiger partial charge is 0.256 e. The molecule has 3 amide bonds. The summed E-state index contributed by atoms with van der Waals surface area (Å²) in [5.74, 6) is -0.139. The van der Waals surface area contributed by atoms with Gasteiger partial charge in [0.05, 0.1) is 23.4 Å². The first-order chi connectivity index (χ1) is 17.0. The van der Waals surface area contributed by atoms with Crippen LogP contribution in [0, 0.1) is 6.92 Å².